The maximum Gasteiger partial charge on any atom is 0.226 e. The quantitative estimate of drug-likeness (QED) is 0.703. The highest BCUT2D eigenvalue weighted by atomic mass is 32.1. The average molecular weight is 357 g/mol. The summed E-state index contributed by atoms with van der Waals surface area (Å²) in [6.07, 6.45) is 0.910. The first kappa shape index (κ1) is 17.2. The van der Waals surface area contributed by atoms with E-state index in [-0.39, 0.29) is 12.3 Å². The van der Waals surface area contributed by atoms with Gasteiger partial charge in [0.05, 0.1) is 29.9 Å². The van der Waals surface area contributed by atoms with Gasteiger partial charge in [0.2, 0.25) is 5.91 Å². The maximum absolute atomic E-state index is 12.0. The minimum Gasteiger partial charge on any atom is -0.497 e. The van der Waals surface area contributed by atoms with Crippen molar-refractivity contribution >= 4 is 17.2 Å². The standard InChI is InChI=1S/C18H19N3O3S/c1-12-20-14(11-25-12)6-7-19-18(22)10-15-9-17(24-21-15)13-4-3-5-16(8-13)23-2/h3-5,8-9,11H,6-7,10H2,1-2H3,(H,19,22). The number of hydrogen-bond donors (Lipinski definition) is 1. The molecule has 0 atom stereocenters. The van der Waals surface area contributed by atoms with Gasteiger partial charge in [-0.05, 0) is 19.1 Å². The van der Waals surface area contributed by atoms with Crippen LogP contribution in [0, 0.1) is 6.92 Å². The van der Waals surface area contributed by atoms with E-state index in [2.05, 4.69) is 15.5 Å². The number of methoxy groups -OCH3 is 1. The van der Waals surface area contributed by atoms with Crippen molar-refractivity contribution in [3.8, 4) is 17.1 Å². The maximum atomic E-state index is 12.0. The SMILES string of the molecule is COc1cccc(-c2cc(CC(=O)NCCc3csc(C)n3)no2)c1. The molecule has 0 fully saturated rings. The summed E-state index contributed by atoms with van der Waals surface area (Å²) >= 11 is 1.61. The van der Waals surface area contributed by atoms with Crippen molar-refractivity contribution in [2.45, 2.75) is 19.8 Å². The van der Waals surface area contributed by atoms with Crippen LogP contribution < -0.4 is 10.1 Å². The first-order chi connectivity index (χ1) is 12.1. The molecule has 1 aromatic carbocycles. The number of aryl methyl sites for hydroxylation is 1. The first-order valence-electron chi connectivity index (χ1n) is 7.92. The number of ether oxygens (including phenoxy) is 1. The second-order valence-electron chi connectivity index (χ2n) is 5.55. The Hall–Kier alpha value is -2.67. The predicted octanol–water partition coefficient (Wildman–Crippen LogP) is 3.02. The molecule has 0 saturated carbocycles. The van der Waals surface area contributed by atoms with Gasteiger partial charge < -0.3 is 14.6 Å². The van der Waals surface area contributed by atoms with E-state index < -0.39 is 0 Å². The van der Waals surface area contributed by atoms with Gasteiger partial charge in [-0.3, -0.25) is 4.79 Å². The molecule has 25 heavy (non-hydrogen) atoms. The van der Waals surface area contributed by atoms with E-state index in [0.717, 1.165) is 28.4 Å². The van der Waals surface area contributed by atoms with E-state index in [1.807, 2.05) is 36.6 Å². The van der Waals surface area contributed by atoms with Crippen LogP contribution in [0.4, 0.5) is 0 Å². The smallest absolute Gasteiger partial charge is 0.226 e. The minimum absolute atomic E-state index is 0.0857. The Morgan fingerprint density at radius 1 is 1.32 bits per heavy atom. The van der Waals surface area contributed by atoms with Crippen LogP contribution in [0.25, 0.3) is 11.3 Å². The molecule has 0 aliphatic carbocycles. The van der Waals surface area contributed by atoms with Gasteiger partial charge in [-0.15, -0.1) is 11.3 Å². The third-order valence-electron chi connectivity index (χ3n) is 3.62. The molecule has 2 aromatic heterocycles. The molecule has 0 spiro atoms. The molecule has 1 N–H and O–H groups in total. The second-order valence-corrected chi connectivity index (χ2v) is 6.61. The number of hydrogen-bond acceptors (Lipinski definition) is 6. The lowest BCUT2D eigenvalue weighted by atomic mass is 10.1. The lowest BCUT2D eigenvalue weighted by Crippen LogP contribution is -2.27. The highest BCUT2D eigenvalue weighted by Crippen LogP contribution is 2.24. The molecule has 0 aliphatic rings. The summed E-state index contributed by atoms with van der Waals surface area (Å²) in [5.41, 5.74) is 2.46. The van der Waals surface area contributed by atoms with Gasteiger partial charge in [0.25, 0.3) is 0 Å². The number of carbonyl (C=O) groups excluding carboxylic acids is 1. The third kappa shape index (κ3) is 4.67. The molecule has 0 radical (unpaired) electrons. The molecule has 7 heteroatoms. The number of thiazole rings is 1. The fraction of sp³-hybridized carbons (Fsp3) is 0.278. The highest BCUT2D eigenvalue weighted by Gasteiger charge is 2.11. The molecule has 130 valence electrons. The number of nitrogens with one attached hydrogen (secondary N) is 1. The van der Waals surface area contributed by atoms with Crippen molar-refractivity contribution < 1.29 is 14.1 Å². The molecule has 3 rings (SSSR count). The molecule has 0 saturated heterocycles. The van der Waals surface area contributed by atoms with E-state index in [1.165, 1.54) is 0 Å². The fourth-order valence-corrected chi connectivity index (χ4v) is 3.03. The Bertz CT molecular complexity index is 857. The van der Waals surface area contributed by atoms with Gasteiger partial charge in [0, 0.05) is 30.0 Å². The van der Waals surface area contributed by atoms with E-state index in [1.54, 1.807) is 24.5 Å². The molecular weight excluding hydrogens is 338 g/mol. The molecule has 6 nitrogen and oxygen atoms in total. The molecule has 0 bridgehead atoms. The van der Waals surface area contributed by atoms with Crippen molar-refractivity contribution in [2.75, 3.05) is 13.7 Å². The van der Waals surface area contributed by atoms with Gasteiger partial charge >= 0.3 is 0 Å². The van der Waals surface area contributed by atoms with E-state index in [9.17, 15) is 4.79 Å². The van der Waals surface area contributed by atoms with Crippen LogP contribution in [-0.2, 0) is 17.6 Å². The zero-order chi connectivity index (χ0) is 17.6. The summed E-state index contributed by atoms with van der Waals surface area (Å²) in [6, 6.07) is 9.28. The van der Waals surface area contributed by atoms with Crippen LogP contribution in [0.15, 0.2) is 40.2 Å². The van der Waals surface area contributed by atoms with Crippen LogP contribution in [0.1, 0.15) is 16.4 Å². The summed E-state index contributed by atoms with van der Waals surface area (Å²) in [5.74, 6) is 1.27. The second kappa shape index (κ2) is 7.94. The molecule has 1 amide bonds. The zero-order valence-electron chi connectivity index (χ0n) is 14.1. The number of carbonyl (C=O) groups is 1. The lowest BCUT2D eigenvalue weighted by Gasteiger charge is -2.02. The number of benzene rings is 1. The van der Waals surface area contributed by atoms with Crippen molar-refractivity contribution in [2.24, 2.45) is 0 Å². The fourth-order valence-electron chi connectivity index (χ4n) is 2.39. The van der Waals surface area contributed by atoms with Gasteiger partial charge in [0.1, 0.15) is 5.75 Å². The van der Waals surface area contributed by atoms with Crippen molar-refractivity contribution in [3.05, 3.63) is 52.1 Å². The normalized spacial score (nSPS) is 10.6. The van der Waals surface area contributed by atoms with E-state index in [0.29, 0.717) is 18.0 Å². The van der Waals surface area contributed by atoms with Crippen molar-refractivity contribution in [3.63, 3.8) is 0 Å². The van der Waals surface area contributed by atoms with Gasteiger partial charge in [-0.2, -0.15) is 0 Å². The molecule has 3 aromatic rings. The third-order valence-corrected chi connectivity index (χ3v) is 4.45. The number of aromatic nitrogens is 2. The Kier molecular flexibility index (Phi) is 5.45. The van der Waals surface area contributed by atoms with Gasteiger partial charge in [0.15, 0.2) is 5.76 Å². The number of rotatable bonds is 7. The monoisotopic (exact) mass is 357 g/mol. The van der Waals surface area contributed by atoms with E-state index in [4.69, 9.17) is 9.26 Å². The van der Waals surface area contributed by atoms with Gasteiger partial charge in [-0.1, -0.05) is 17.3 Å². The minimum atomic E-state index is -0.0857. The van der Waals surface area contributed by atoms with Gasteiger partial charge in [-0.25, -0.2) is 4.98 Å². The largest absolute Gasteiger partial charge is 0.497 e. The topological polar surface area (TPSA) is 77.2 Å². The number of nitrogens with zero attached hydrogens (tertiary/aromatic N) is 2. The Balaban J connectivity index is 1.52. The summed E-state index contributed by atoms with van der Waals surface area (Å²) in [6.45, 7) is 2.53. The van der Waals surface area contributed by atoms with Crippen LogP contribution in [-0.4, -0.2) is 29.7 Å². The summed E-state index contributed by atoms with van der Waals surface area (Å²) < 4.78 is 10.5. The summed E-state index contributed by atoms with van der Waals surface area (Å²) in [7, 11) is 1.61. The van der Waals surface area contributed by atoms with Crippen molar-refractivity contribution in [1.29, 1.82) is 0 Å². The predicted molar refractivity (Wildman–Crippen MR) is 95.8 cm³/mol. The number of amides is 1. The molecule has 0 unspecified atom stereocenters. The molecular formula is C18H19N3O3S. The Labute approximate surface area is 149 Å². The van der Waals surface area contributed by atoms with Crippen LogP contribution in [0.5, 0.6) is 5.75 Å². The Morgan fingerprint density at radius 2 is 2.20 bits per heavy atom. The van der Waals surface area contributed by atoms with E-state index >= 15 is 0 Å². The molecule has 2 heterocycles. The first-order valence-corrected chi connectivity index (χ1v) is 8.80. The average Bonchev–Trinajstić information content (AvgIpc) is 3.24. The van der Waals surface area contributed by atoms with Crippen LogP contribution in [0.3, 0.4) is 0 Å². The lowest BCUT2D eigenvalue weighted by molar-refractivity contribution is -0.120. The zero-order valence-corrected chi connectivity index (χ0v) is 14.9. The molecule has 0 aliphatic heterocycles. The summed E-state index contributed by atoms with van der Waals surface area (Å²) in [4.78, 5) is 16.4. The van der Waals surface area contributed by atoms with Crippen molar-refractivity contribution in [1.82, 2.24) is 15.5 Å². The van der Waals surface area contributed by atoms with Crippen LogP contribution >= 0.6 is 11.3 Å². The Morgan fingerprint density at radius 3 is 2.96 bits per heavy atom. The highest BCUT2D eigenvalue weighted by molar-refractivity contribution is 7.09. The van der Waals surface area contributed by atoms with Crippen LogP contribution in [0.2, 0.25) is 0 Å². The summed E-state index contributed by atoms with van der Waals surface area (Å²) in [5, 5.41) is 9.90.